The van der Waals surface area contributed by atoms with Gasteiger partial charge in [0.2, 0.25) is 0 Å². The minimum atomic E-state index is -1.84. The highest BCUT2D eigenvalue weighted by Crippen LogP contribution is 2.53. The van der Waals surface area contributed by atoms with Gasteiger partial charge in [-0.15, -0.1) is 0 Å². The molecule has 1 aromatic rings. The molecule has 0 aliphatic heterocycles. The number of hydrogen-bond donors (Lipinski definition) is 2. The molecule has 1 atom stereocenters. The molecule has 1 amide bonds. The number of carbonyl (C=O) groups is 1. The number of likely N-dealkylation sites (N-methyl/N-ethyl adjacent to an activating group) is 1. The first-order chi connectivity index (χ1) is 17.6. The summed E-state index contributed by atoms with van der Waals surface area (Å²) in [5, 5.41) is 11.5. The minimum absolute atomic E-state index is 0.220. The van der Waals surface area contributed by atoms with Crippen LogP contribution in [0.4, 0.5) is 4.79 Å². The van der Waals surface area contributed by atoms with Crippen molar-refractivity contribution in [2.75, 3.05) is 26.7 Å². The summed E-state index contributed by atoms with van der Waals surface area (Å²) in [7, 11) is -0.0640. The van der Waals surface area contributed by atoms with Crippen LogP contribution in [0.25, 0.3) is 5.57 Å². The van der Waals surface area contributed by atoms with Crippen molar-refractivity contribution in [2.24, 2.45) is 5.41 Å². The molecule has 0 bridgehead atoms. The van der Waals surface area contributed by atoms with Crippen LogP contribution in [0.3, 0.4) is 0 Å². The van der Waals surface area contributed by atoms with Crippen molar-refractivity contribution in [3.63, 3.8) is 0 Å². The van der Waals surface area contributed by atoms with Gasteiger partial charge in [-0.05, 0) is 94.1 Å². The number of aromatic nitrogens is 2. The molecule has 38 heavy (non-hydrogen) atoms. The smallest absolute Gasteiger partial charge is 0.410 e. The fraction of sp³-hybridized carbons (Fsp3) is 0.800. The van der Waals surface area contributed by atoms with Crippen LogP contribution in [0.15, 0.2) is 12.3 Å². The number of hydrogen-bond acceptors (Lipinski definition) is 5. The first kappa shape index (κ1) is 30.9. The van der Waals surface area contributed by atoms with Gasteiger partial charge >= 0.3 is 6.09 Å². The summed E-state index contributed by atoms with van der Waals surface area (Å²) < 4.78 is 12.5. The summed E-state index contributed by atoms with van der Waals surface area (Å²) in [6, 6.07) is 0. The number of ether oxygens (including phenoxy) is 1. The van der Waals surface area contributed by atoms with Crippen LogP contribution in [0.5, 0.6) is 0 Å². The number of allylic oxidation sites excluding steroid dienone is 1. The van der Waals surface area contributed by atoms with E-state index in [4.69, 9.17) is 9.16 Å². The first-order valence-corrected chi connectivity index (χ1v) is 17.6. The number of rotatable bonds is 9. The van der Waals surface area contributed by atoms with Gasteiger partial charge in [0.1, 0.15) is 5.60 Å². The number of carbonyl (C=O) groups excluding carboxylic acids is 1. The lowest BCUT2D eigenvalue weighted by atomic mass is 9.63. The maximum Gasteiger partial charge on any atom is 0.410 e. The molecule has 0 aromatic carbocycles. The fourth-order valence-electron chi connectivity index (χ4n) is 5.52. The lowest BCUT2D eigenvalue weighted by molar-refractivity contribution is 0.00601. The van der Waals surface area contributed by atoms with Gasteiger partial charge in [-0.1, -0.05) is 46.1 Å². The zero-order valence-electron chi connectivity index (χ0n) is 25.6. The Bertz CT molecular complexity index is 951. The number of amides is 1. The largest absolute Gasteiger partial charge is 0.444 e. The quantitative estimate of drug-likeness (QED) is 0.259. The molecule has 216 valence electrons. The molecule has 1 heterocycles. The summed E-state index contributed by atoms with van der Waals surface area (Å²) in [6.45, 7) is 19.7. The Labute approximate surface area is 232 Å². The second-order valence-electron chi connectivity index (χ2n) is 14.1. The standard InChI is InChI=1S/C30H54N4O3Si/c1-28(2,3)36-27(35)34(7)20-19-31-18-15-24-22-32-33-26(24)23-13-14-25(37-38(8,9)29(4,5)6)30(21-23)16-11-10-12-17-30/h13,22,25,31H,10-12,14-21H2,1-9H3,(H,32,33). The fourth-order valence-corrected chi connectivity index (χ4v) is 6.93. The number of nitrogens with zero attached hydrogens (tertiary/aromatic N) is 2. The molecular weight excluding hydrogens is 492 g/mol. The van der Waals surface area contributed by atoms with Crippen LogP contribution in [0.1, 0.15) is 97.7 Å². The van der Waals surface area contributed by atoms with Gasteiger partial charge in [0.15, 0.2) is 8.32 Å². The van der Waals surface area contributed by atoms with Gasteiger partial charge < -0.3 is 19.4 Å². The molecule has 0 saturated heterocycles. The van der Waals surface area contributed by atoms with Gasteiger partial charge in [0, 0.05) is 20.1 Å². The van der Waals surface area contributed by atoms with Crippen molar-refractivity contribution in [2.45, 2.75) is 123 Å². The molecule has 1 fully saturated rings. The Morgan fingerprint density at radius 3 is 2.47 bits per heavy atom. The van der Waals surface area contributed by atoms with Crippen molar-refractivity contribution in [3.05, 3.63) is 23.5 Å². The number of nitrogens with one attached hydrogen (secondary N) is 2. The third-order valence-electron chi connectivity index (χ3n) is 8.84. The Morgan fingerprint density at radius 2 is 1.84 bits per heavy atom. The topological polar surface area (TPSA) is 79.5 Å². The average Bonchev–Trinajstić information content (AvgIpc) is 3.27. The van der Waals surface area contributed by atoms with E-state index in [1.165, 1.54) is 48.9 Å². The molecule has 3 rings (SSSR count). The maximum absolute atomic E-state index is 12.2. The minimum Gasteiger partial charge on any atom is -0.444 e. The van der Waals surface area contributed by atoms with Crippen LogP contribution in [-0.2, 0) is 15.6 Å². The van der Waals surface area contributed by atoms with E-state index in [1.54, 1.807) is 11.9 Å². The average molecular weight is 547 g/mol. The van der Waals surface area contributed by atoms with E-state index in [9.17, 15) is 4.79 Å². The summed E-state index contributed by atoms with van der Waals surface area (Å²) >= 11 is 0. The van der Waals surface area contributed by atoms with Crippen LogP contribution >= 0.6 is 0 Å². The summed E-state index contributed by atoms with van der Waals surface area (Å²) in [5.74, 6) is 0. The third-order valence-corrected chi connectivity index (χ3v) is 13.3. The van der Waals surface area contributed by atoms with Crippen molar-refractivity contribution in [1.29, 1.82) is 0 Å². The molecule has 1 spiro atoms. The van der Waals surface area contributed by atoms with Gasteiger partial charge in [0.25, 0.3) is 0 Å². The first-order valence-electron chi connectivity index (χ1n) is 14.7. The lowest BCUT2D eigenvalue weighted by Gasteiger charge is -2.50. The van der Waals surface area contributed by atoms with E-state index < -0.39 is 13.9 Å². The molecule has 2 N–H and O–H groups in total. The molecule has 1 unspecified atom stereocenters. The SMILES string of the molecule is CN(CCNCCc1cn[nH]c1C1=CCC(O[Si](C)(C)C(C)(C)C)C2(CCCCC2)C1)C(=O)OC(C)(C)C. The molecule has 7 nitrogen and oxygen atoms in total. The Kier molecular flexibility index (Phi) is 9.96. The predicted octanol–water partition coefficient (Wildman–Crippen LogP) is 6.93. The Hall–Kier alpha value is -1.64. The number of H-pyrrole nitrogens is 1. The zero-order valence-corrected chi connectivity index (χ0v) is 26.6. The van der Waals surface area contributed by atoms with Crippen LogP contribution in [0.2, 0.25) is 18.1 Å². The number of aromatic amines is 1. The Morgan fingerprint density at radius 1 is 1.16 bits per heavy atom. The summed E-state index contributed by atoms with van der Waals surface area (Å²) in [4.78, 5) is 13.8. The monoisotopic (exact) mass is 546 g/mol. The molecule has 2 aliphatic carbocycles. The highest BCUT2D eigenvalue weighted by molar-refractivity contribution is 6.74. The van der Waals surface area contributed by atoms with E-state index in [1.807, 2.05) is 27.0 Å². The van der Waals surface area contributed by atoms with E-state index >= 15 is 0 Å². The third kappa shape index (κ3) is 7.95. The van der Waals surface area contributed by atoms with Gasteiger partial charge in [-0.2, -0.15) is 5.10 Å². The van der Waals surface area contributed by atoms with Crippen LogP contribution in [0, 0.1) is 5.41 Å². The second kappa shape index (κ2) is 12.3. The molecule has 1 saturated carbocycles. The van der Waals surface area contributed by atoms with E-state index in [0.29, 0.717) is 12.6 Å². The van der Waals surface area contributed by atoms with Crippen LogP contribution < -0.4 is 5.32 Å². The predicted molar refractivity (Wildman–Crippen MR) is 159 cm³/mol. The summed E-state index contributed by atoms with van der Waals surface area (Å²) in [6.07, 6.45) is 13.9. The molecule has 1 aromatic heterocycles. The van der Waals surface area contributed by atoms with Crippen molar-refractivity contribution in [3.8, 4) is 0 Å². The van der Waals surface area contributed by atoms with Crippen LogP contribution in [-0.4, -0.2) is 67.9 Å². The zero-order chi connectivity index (χ0) is 28.2. The maximum atomic E-state index is 12.2. The molecular formula is C30H54N4O3Si. The van der Waals surface area contributed by atoms with Gasteiger partial charge in [0.05, 0.1) is 18.0 Å². The van der Waals surface area contributed by atoms with Gasteiger partial charge in [-0.25, -0.2) is 4.79 Å². The van der Waals surface area contributed by atoms with Crippen molar-refractivity contribution < 1.29 is 14.0 Å². The lowest BCUT2D eigenvalue weighted by Crippen LogP contribution is -2.50. The molecule has 2 aliphatic rings. The Balaban J connectivity index is 1.60. The highest BCUT2D eigenvalue weighted by atomic mass is 28.4. The van der Waals surface area contributed by atoms with Gasteiger partial charge in [-0.3, -0.25) is 5.10 Å². The van der Waals surface area contributed by atoms with Crippen molar-refractivity contribution >= 4 is 20.0 Å². The molecule has 8 heteroatoms. The highest BCUT2D eigenvalue weighted by Gasteiger charge is 2.48. The summed E-state index contributed by atoms with van der Waals surface area (Å²) in [5.41, 5.74) is 3.65. The molecule has 0 radical (unpaired) electrons. The van der Waals surface area contributed by atoms with E-state index in [0.717, 1.165) is 32.4 Å². The second-order valence-corrected chi connectivity index (χ2v) is 18.9. The van der Waals surface area contributed by atoms with E-state index in [-0.39, 0.29) is 16.5 Å². The van der Waals surface area contributed by atoms with Crippen molar-refractivity contribution in [1.82, 2.24) is 20.4 Å². The van der Waals surface area contributed by atoms with E-state index in [2.05, 4.69) is 55.5 Å². The normalized spacial score (nSPS) is 20.3.